The molecular weight excluding hydrogens is 218 g/mol. The van der Waals surface area contributed by atoms with Crippen LogP contribution in [0.5, 0.6) is 0 Å². The van der Waals surface area contributed by atoms with Crippen LogP contribution in [0.4, 0.5) is 5.69 Å². The average molecular weight is 243 g/mol. The lowest BCUT2D eigenvalue weighted by atomic mass is 10.1. The summed E-state index contributed by atoms with van der Waals surface area (Å²) in [5.41, 5.74) is 1.25. The van der Waals surface area contributed by atoms with Crippen molar-refractivity contribution in [2.45, 2.75) is 34.1 Å². The molecule has 2 aromatic carbocycles. The van der Waals surface area contributed by atoms with E-state index >= 15 is 0 Å². The molecule has 2 rings (SSSR count). The number of rotatable bonds is 4. The summed E-state index contributed by atoms with van der Waals surface area (Å²) in [4.78, 5) is 0. The normalized spacial score (nSPS) is 10.1. The van der Waals surface area contributed by atoms with E-state index < -0.39 is 0 Å². The maximum Gasteiger partial charge on any atom is 0.0419 e. The van der Waals surface area contributed by atoms with Crippen molar-refractivity contribution in [1.29, 1.82) is 0 Å². The SMILES string of the molecule is CC.CC(C)CCNc1cccc2ccccc12. The van der Waals surface area contributed by atoms with Gasteiger partial charge in [0.05, 0.1) is 0 Å². The summed E-state index contributed by atoms with van der Waals surface area (Å²) in [6.07, 6.45) is 1.21. The summed E-state index contributed by atoms with van der Waals surface area (Å²) in [7, 11) is 0. The molecule has 0 amide bonds. The smallest absolute Gasteiger partial charge is 0.0419 e. The zero-order valence-corrected chi connectivity index (χ0v) is 12.0. The van der Waals surface area contributed by atoms with Crippen molar-refractivity contribution >= 4 is 16.5 Å². The van der Waals surface area contributed by atoms with Crippen LogP contribution in [0.25, 0.3) is 10.8 Å². The number of benzene rings is 2. The number of hydrogen-bond acceptors (Lipinski definition) is 1. The van der Waals surface area contributed by atoms with Gasteiger partial charge in [0.2, 0.25) is 0 Å². The van der Waals surface area contributed by atoms with Crippen LogP contribution in [0.15, 0.2) is 42.5 Å². The Labute approximate surface area is 111 Å². The van der Waals surface area contributed by atoms with E-state index in [1.54, 1.807) is 0 Å². The van der Waals surface area contributed by atoms with Gasteiger partial charge in [-0.1, -0.05) is 64.1 Å². The fraction of sp³-hybridized carbons (Fsp3) is 0.412. The van der Waals surface area contributed by atoms with Gasteiger partial charge in [-0.25, -0.2) is 0 Å². The number of nitrogens with one attached hydrogen (secondary N) is 1. The van der Waals surface area contributed by atoms with E-state index in [4.69, 9.17) is 0 Å². The van der Waals surface area contributed by atoms with E-state index in [0.29, 0.717) is 0 Å². The maximum atomic E-state index is 3.52. The van der Waals surface area contributed by atoms with Crippen LogP contribution in [-0.2, 0) is 0 Å². The molecule has 0 aliphatic heterocycles. The van der Waals surface area contributed by atoms with Gasteiger partial charge in [-0.15, -0.1) is 0 Å². The molecule has 18 heavy (non-hydrogen) atoms. The average Bonchev–Trinajstić information content (AvgIpc) is 2.41. The van der Waals surface area contributed by atoms with Gasteiger partial charge in [-0.2, -0.15) is 0 Å². The van der Waals surface area contributed by atoms with Crippen LogP contribution in [0, 0.1) is 5.92 Å². The van der Waals surface area contributed by atoms with Gasteiger partial charge in [0.1, 0.15) is 0 Å². The van der Waals surface area contributed by atoms with Crippen LogP contribution in [-0.4, -0.2) is 6.54 Å². The van der Waals surface area contributed by atoms with Crippen molar-refractivity contribution in [2.75, 3.05) is 11.9 Å². The first-order chi connectivity index (χ1) is 8.77. The standard InChI is InChI=1S/C15H19N.C2H6/c1-12(2)10-11-16-15-9-5-7-13-6-3-4-8-14(13)15;1-2/h3-9,12,16H,10-11H2,1-2H3;1-2H3. The van der Waals surface area contributed by atoms with E-state index in [1.807, 2.05) is 13.8 Å². The van der Waals surface area contributed by atoms with E-state index in [1.165, 1.54) is 22.9 Å². The summed E-state index contributed by atoms with van der Waals surface area (Å²) in [6.45, 7) is 9.56. The quantitative estimate of drug-likeness (QED) is 0.766. The zero-order valence-electron chi connectivity index (χ0n) is 12.0. The zero-order chi connectivity index (χ0) is 13.4. The number of anilines is 1. The van der Waals surface area contributed by atoms with Crippen molar-refractivity contribution in [1.82, 2.24) is 0 Å². The van der Waals surface area contributed by atoms with Crippen molar-refractivity contribution in [3.8, 4) is 0 Å². The fourth-order valence-corrected chi connectivity index (χ4v) is 1.88. The Morgan fingerprint density at radius 1 is 0.944 bits per heavy atom. The third-order valence-electron chi connectivity index (χ3n) is 2.83. The molecule has 1 heteroatoms. The highest BCUT2D eigenvalue weighted by molar-refractivity contribution is 5.93. The molecule has 2 aromatic rings. The monoisotopic (exact) mass is 243 g/mol. The number of fused-ring (bicyclic) bond motifs is 1. The van der Waals surface area contributed by atoms with Gasteiger partial charge in [0.15, 0.2) is 0 Å². The molecule has 98 valence electrons. The Morgan fingerprint density at radius 3 is 2.33 bits per heavy atom. The summed E-state index contributed by atoms with van der Waals surface area (Å²) in [5.74, 6) is 0.752. The molecule has 0 aliphatic rings. The van der Waals surface area contributed by atoms with E-state index in [-0.39, 0.29) is 0 Å². The van der Waals surface area contributed by atoms with Gasteiger partial charge >= 0.3 is 0 Å². The molecule has 0 heterocycles. The molecule has 0 fully saturated rings. The van der Waals surface area contributed by atoms with Crippen LogP contribution < -0.4 is 5.32 Å². The number of hydrogen-bond donors (Lipinski definition) is 1. The molecule has 1 nitrogen and oxygen atoms in total. The molecule has 0 aromatic heterocycles. The van der Waals surface area contributed by atoms with Crippen LogP contribution in [0.1, 0.15) is 34.1 Å². The van der Waals surface area contributed by atoms with Crippen molar-refractivity contribution in [3.63, 3.8) is 0 Å². The fourth-order valence-electron chi connectivity index (χ4n) is 1.88. The largest absolute Gasteiger partial charge is 0.385 e. The second-order valence-electron chi connectivity index (χ2n) is 4.64. The van der Waals surface area contributed by atoms with E-state index in [0.717, 1.165) is 12.5 Å². The summed E-state index contributed by atoms with van der Waals surface area (Å²) in [5, 5.41) is 6.14. The molecule has 0 unspecified atom stereocenters. The van der Waals surface area contributed by atoms with Crippen LogP contribution in [0.2, 0.25) is 0 Å². The van der Waals surface area contributed by atoms with Crippen molar-refractivity contribution < 1.29 is 0 Å². The topological polar surface area (TPSA) is 12.0 Å². The summed E-state index contributed by atoms with van der Waals surface area (Å²) < 4.78 is 0. The molecular formula is C17H25N. The lowest BCUT2D eigenvalue weighted by Gasteiger charge is -2.10. The Bertz CT molecular complexity index is 455. The second-order valence-corrected chi connectivity index (χ2v) is 4.64. The minimum absolute atomic E-state index is 0.752. The minimum Gasteiger partial charge on any atom is -0.385 e. The van der Waals surface area contributed by atoms with E-state index in [2.05, 4.69) is 61.6 Å². The molecule has 0 saturated carbocycles. The highest BCUT2D eigenvalue weighted by Crippen LogP contribution is 2.22. The van der Waals surface area contributed by atoms with Gasteiger partial charge in [0, 0.05) is 17.6 Å². The van der Waals surface area contributed by atoms with Crippen molar-refractivity contribution in [3.05, 3.63) is 42.5 Å². The molecule has 0 spiro atoms. The highest BCUT2D eigenvalue weighted by atomic mass is 14.9. The first-order valence-corrected chi connectivity index (χ1v) is 6.99. The van der Waals surface area contributed by atoms with Crippen LogP contribution >= 0.6 is 0 Å². The summed E-state index contributed by atoms with van der Waals surface area (Å²) >= 11 is 0. The second kappa shape index (κ2) is 7.75. The van der Waals surface area contributed by atoms with Crippen LogP contribution in [0.3, 0.4) is 0 Å². The lowest BCUT2D eigenvalue weighted by Crippen LogP contribution is -2.04. The minimum atomic E-state index is 0.752. The van der Waals surface area contributed by atoms with Gasteiger partial charge in [0.25, 0.3) is 0 Å². The highest BCUT2D eigenvalue weighted by Gasteiger charge is 1.99. The molecule has 0 radical (unpaired) electrons. The van der Waals surface area contributed by atoms with Crippen molar-refractivity contribution in [2.24, 2.45) is 5.92 Å². The third kappa shape index (κ3) is 4.06. The van der Waals surface area contributed by atoms with Gasteiger partial charge in [-0.05, 0) is 23.8 Å². The molecule has 0 bridgehead atoms. The first-order valence-electron chi connectivity index (χ1n) is 6.99. The predicted octanol–water partition coefficient (Wildman–Crippen LogP) is 5.32. The maximum absolute atomic E-state index is 3.52. The van der Waals surface area contributed by atoms with Gasteiger partial charge in [-0.3, -0.25) is 0 Å². The first kappa shape index (κ1) is 14.6. The van der Waals surface area contributed by atoms with E-state index in [9.17, 15) is 0 Å². The Morgan fingerprint density at radius 2 is 1.61 bits per heavy atom. The third-order valence-corrected chi connectivity index (χ3v) is 2.83. The molecule has 0 aliphatic carbocycles. The molecule has 1 N–H and O–H groups in total. The Kier molecular flexibility index (Phi) is 6.27. The summed E-state index contributed by atoms with van der Waals surface area (Å²) in [6, 6.07) is 14.9. The lowest BCUT2D eigenvalue weighted by molar-refractivity contribution is 0.607. The Balaban J connectivity index is 0.000000771. The van der Waals surface area contributed by atoms with Gasteiger partial charge < -0.3 is 5.32 Å². The molecule has 0 saturated heterocycles. The predicted molar refractivity (Wildman–Crippen MR) is 83.2 cm³/mol. The Hall–Kier alpha value is -1.50. The molecule has 0 atom stereocenters.